The SMILES string of the molecule is CC/C=C1\NCCC1/C(=C(\C)c1cccc(C)n1)c1ccc(SC)cc1C(=O)OC. The molecule has 1 unspecified atom stereocenters. The van der Waals surface area contributed by atoms with E-state index in [0.717, 1.165) is 52.4 Å². The highest BCUT2D eigenvalue weighted by Gasteiger charge is 2.30. The number of rotatable bonds is 6. The molecule has 1 aliphatic rings. The molecule has 30 heavy (non-hydrogen) atoms. The van der Waals surface area contributed by atoms with Crippen LogP contribution in [0.3, 0.4) is 0 Å². The maximum absolute atomic E-state index is 12.7. The Morgan fingerprint density at radius 3 is 2.77 bits per heavy atom. The number of ether oxygens (including phenoxy) is 1. The molecule has 1 N–H and O–H groups in total. The number of pyridine rings is 1. The summed E-state index contributed by atoms with van der Waals surface area (Å²) in [5, 5.41) is 3.55. The monoisotopic (exact) mass is 422 g/mol. The molecule has 0 spiro atoms. The van der Waals surface area contributed by atoms with Crippen LogP contribution in [0.1, 0.15) is 54.0 Å². The van der Waals surface area contributed by atoms with E-state index in [1.165, 1.54) is 12.8 Å². The van der Waals surface area contributed by atoms with Gasteiger partial charge in [0.2, 0.25) is 0 Å². The molecule has 0 radical (unpaired) electrons. The first-order valence-electron chi connectivity index (χ1n) is 10.4. The number of hydrogen-bond donors (Lipinski definition) is 1. The second-order valence-corrected chi connectivity index (χ2v) is 8.32. The van der Waals surface area contributed by atoms with Crippen LogP contribution in [-0.2, 0) is 4.74 Å². The Balaban J connectivity index is 2.29. The van der Waals surface area contributed by atoms with Crippen molar-refractivity contribution in [2.75, 3.05) is 19.9 Å². The molecule has 0 aliphatic carbocycles. The second-order valence-electron chi connectivity index (χ2n) is 7.44. The highest BCUT2D eigenvalue weighted by molar-refractivity contribution is 7.98. The summed E-state index contributed by atoms with van der Waals surface area (Å²) in [6, 6.07) is 12.2. The number of aryl methyl sites for hydroxylation is 1. The van der Waals surface area contributed by atoms with Crippen molar-refractivity contribution in [2.24, 2.45) is 5.92 Å². The number of hydrogen-bond acceptors (Lipinski definition) is 5. The molecule has 1 aliphatic heterocycles. The number of esters is 1. The minimum atomic E-state index is -0.310. The molecule has 158 valence electrons. The Morgan fingerprint density at radius 2 is 2.10 bits per heavy atom. The van der Waals surface area contributed by atoms with Crippen molar-refractivity contribution in [3.63, 3.8) is 0 Å². The summed E-state index contributed by atoms with van der Waals surface area (Å²) in [4.78, 5) is 18.6. The standard InChI is InChI=1S/C25H30N2O2S/c1-6-8-23-20(13-14-26-23)24(17(3)22-10-7-9-16(2)27-22)19-12-11-18(30-5)15-21(19)25(28)29-4/h7-12,15,20,26H,6,13-14H2,1-5H3/b23-8-,24-17+. The number of thioether (sulfide) groups is 1. The van der Waals surface area contributed by atoms with Gasteiger partial charge in [-0.3, -0.25) is 4.98 Å². The molecule has 2 heterocycles. The third-order valence-electron chi connectivity index (χ3n) is 5.51. The van der Waals surface area contributed by atoms with Crippen LogP contribution in [0.2, 0.25) is 0 Å². The summed E-state index contributed by atoms with van der Waals surface area (Å²) in [5.74, 6) is -0.119. The van der Waals surface area contributed by atoms with Crippen molar-refractivity contribution in [1.29, 1.82) is 0 Å². The zero-order chi connectivity index (χ0) is 21.7. The molecule has 1 fully saturated rings. The molecule has 1 aromatic carbocycles. The lowest BCUT2D eigenvalue weighted by molar-refractivity contribution is 0.0600. The van der Waals surface area contributed by atoms with Gasteiger partial charge < -0.3 is 10.1 Å². The zero-order valence-electron chi connectivity index (χ0n) is 18.4. The molecule has 1 aromatic heterocycles. The summed E-state index contributed by atoms with van der Waals surface area (Å²) in [6.45, 7) is 7.19. The highest BCUT2D eigenvalue weighted by atomic mass is 32.2. The fourth-order valence-electron chi connectivity index (χ4n) is 4.08. The number of methoxy groups -OCH3 is 1. The first kappa shape index (κ1) is 22.2. The van der Waals surface area contributed by atoms with Crippen molar-refractivity contribution >= 4 is 28.9 Å². The van der Waals surface area contributed by atoms with Crippen LogP contribution in [0.5, 0.6) is 0 Å². The Morgan fingerprint density at radius 1 is 1.30 bits per heavy atom. The maximum Gasteiger partial charge on any atom is 0.338 e. The molecular weight excluding hydrogens is 392 g/mol. The van der Waals surface area contributed by atoms with Crippen LogP contribution < -0.4 is 5.32 Å². The summed E-state index contributed by atoms with van der Waals surface area (Å²) in [5.41, 5.74) is 6.92. The van der Waals surface area contributed by atoms with Crippen LogP contribution in [0, 0.1) is 12.8 Å². The van der Waals surface area contributed by atoms with Gasteiger partial charge in [-0.25, -0.2) is 4.79 Å². The van der Waals surface area contributed by atoms with Gasteiger partial charge in [0.1, 0.15) is 0 Å². The Labute approximate surface area is 183 Å². The number of carbonyl (C=O) groups excluding carboxylic acids is 1. The second kappa shape index (κ2) is 9.98. The van der Waals surface area contributed by atoms with E-state index in [1.54, 1.807) is 11.8 Å². The largest absolute Gasteiger partial charge is 0.465 e. The third kappa shape index (κ3) is 4.62. The molecule has 2 aromatic rings. The van der Waals surface area contributed by atoms with Crippen molar-refractivity contribution in [3.8, 4) is 0 Å². The van der Waals surface area contributed by atoms with E-state index in [1.807, 2.05) is 37.4 Å². The average molecular weight is 423 g/mol. The first-order valence-corrected chi connectivity index (χ1v) is 11.6. The van der Waals surface area contributed by atoms with Gasteiger partial charge >= 0.3 is 5.97 Å². The van der Waals surface area contributed by atoms with Gasteiger partial charge in [-0.05, 0) is 73.9 Å². The average Bonchev–Trinajstić information content (AvgIpc) is 3.21. The number of benzene rings is 1. The minimum absolute atomic E-state index is 0.191. The number of nitrogens with zero attached hydrogens (tertiary/aromatic N) is 1. The normalized spacial score (nSPS) is 18.2. The lowest BCUT2D eigenvalue weighted by atomic mass is 9.83. The van der Waals surface area contributed by atoms with Crippen LogP contribution in [0.25, 0.3) is 11.1 Å². The van der Waals surface area contributed by atoms with E-state index >= 15 is 0 Å². The van der Waals surface area contributed by atoms with Gasteiger partial charge in [0.25, 0.3) is 0 Å². The maximum atomic E-state index is 12.7. The Bertz CT molecular complexity index is 994. The van der Waals surface area contributed by atoms with Gasteiger partial charge in [0.15, 0.2) is 0 Å². The molecule has 0 bridgehead atoms. The topological polar surface area (TPSA) is 51.2 Å². The summed E-state index contributed by atoms with van der Waals surface area (Å²) in [6.07, 6.45) is 6.21. The van der Waals surface area contributed by atoms with E-state index in [2.05, 4.69) is 37.4 Å². The van der Waals surface area contributed by atoms with Crippen LogP contribution in [-0.4, -0.2) is 30.9 Å². The van der Waals surface area contributed by atoms with Gasteiger partial charge in [-0.15, -0.1) is 11.8 Å². The van der Waals surface area contributed by atoms with Crippen molar-refractivity contribution < 1.29 is 9.53 Å². The smallest absolute Gasteiger partial charge is 0.338 e. The van der Waals surface area contributed by atoms with Crippen molar-refractivity contribution in [2.45, 2.75) is 38.5 Å². The minimum Gasteiger partial charge on any atom is -0.465 e. The van der Waals surface area contributed by atoms with Crippen LogP contribution in [0.15, 0.2) is 53.1 Å². The fourth-order valence-corrected chi connectivity index (χ4v) is 4.52. The lowest BCUT2D eigenvalue weighted by Crippen LogP contribution is -2.13. The molecular formula is C25H30N2O2S. The quantitative estimate of drug-likeness (QED) is 0.476. The summed E-state index contributed by atoms with van der Waals surface area (Å²) < 4.78 is 5.15. The zero-order valence-corrected chi connectivity index (χ0v) is 19.2. The lowest BCUT2D eigenvalue weighted by Gasteiger charge is -2.23. The summed E-state index contributed by atoms with van der Waals surface area (Å²) >= 11 is 1.62. The fraction of sp³-hybridized carbons (Fsp3) is 0.360. The van der Waals surface area contributed by atoms with E-state index in [4.69, 9.17) is 9.72 Å². The van der Waals surface area contributed by atoms with Gasteiger partial charge in [0, 0.05) is 28.7 Å². The Kier molecular flexibility index (Phi) is 7.38. The van der Waals surface area contributed by atoms with Gasteiger partial charge in [-0.1, -0.05) is 25.1 Å². The van der Waals surface area contributed by atoms with Crippen LogP contribution in [0.4, 0.5) is 0 Å². The predicted molar refractivity (Wildman–Crippen MR) is 126 cm³/mol. The molecule has 0 amide bonds. The molecule has 1 saturated heterocycles. The van der Waals surface area contributed by atoms with E-state index in [0.29, 0.717) is 5.56 Å². The molecule has 3 rings (SSSR count). The number of allylic oxidation sites excluding steroid dienone is 3. The third-order valence-corrected chi connectivity index (χ3v) is 6.23. The van der Waals surface area contributed by atoms with E-state index < -0.39 is 0 Å². The Hall–Kier alpha value is -2.53. The number of nitrogens with one attached hydrogen (secondary N) is 1. The molecule has 0 saturated carbocycles. The molecule has 1 atom stereocenters. The number of carbonyl (C=O) groups is 1. The van der Waals surface area contributed by atoms with Gasteiger partial charge in [-0.2, -0.15) is 0 Å². The predicted octanol–water partition coefficient (Wildman–Crippen LogP) is 5.73. The highest BCUT2D eigenvalue weighted by Crippen LogP contribution is 2.41. The molecule has 4 nitrogen and oxygen atoms in total. The first-order chi connectivity index (χ1) is 14.5. The van der Waals surface area contributed by atoms with Crippen LogP contribution >= 0.6 is 11.8 Å². The van der Waals surface area contributed by atoms with Gasteiger partial charge in [0.05, 0.1) is 18.4 Å². The van der Waals surface area contributed by atoms with Crippen molar-refractivity contribution in [3.05, 3.63) is 70.7 Å². The summed E-state index contributed by atoms with van der Waals surface area (Å²) in [7, 11) is 1.44. The van der Waals surface area contributed by atoms with E-state index in [-0.39, 0.29) is 11.9 Å². The van der Waals surface area contributed by atoms with E-state index in [9.17, 15) is 4.79 Å². The van der Waals surface area contributed by atoms with Crippen molar-refractivity contribution in [1.82, 2.24) is 10.3 Å². The number of aromatic nitrogens is 1. The molecule has 5 heteroatoms.